The van der Waals surface area contributed by atoms with Crippen LogP contribution in [-0.4, -0.2) is 29.8 Å². The molecule has 0 saturated heterocycles. The van der Waals surface area contributed by atoms with E-state index in [0.717, 1.165) is 31.2 Å². The molecule has 134 valence electrons. The van der Waals surface area contributed by atoms with Crippen molar-refractivity contribution in [3.05, 3.63) is 0 Å². The molecule has 2 fully saturated rings. The summed E-state index contributed by atoms with van der Waals surface area (Å²) in [5.41, 5.74) is -0.532. The minimum Gasteiger partial charge on any atom is -0.444 e. The maximum atomic E-state index is 12.1. The maximum Gasteiger partial charge on any atom is 0.408 e. The van der Waals surface area contributed by atoms with E-state index in [0.29, 0.717) is 6.04 Å². The molecule has 0 aliphatic heterocycles. The van der Waals surface area contributed by atoms with Gasteiger partial charge in [-0.05, 0) is 64.7 Å². The number of amides is 1. The predicted molar refractivity (Wildman–Crippen MR) is 94.5 cm³/mol. The molecule has 0 aromatic carbocycles. The van der Waals surface area contributed by atoms with Gasteiger partial charge in [0.05, 0.1) is 5.54 Å². The Bertz CT molecular complexity index is 397. The molecular formula is C19H36N2O2. The van der Waals surface area contributed by atoms with Gasteiger partial charge in [-0.2, -0.15) is 0 Å². The fraction of sp³-hybridized carbons (Fsp3) is 0.947. The van der Waals surface area contributed by atoms with Gasteiger partial charge >= 0.3 is 6.09 Å². The Balaban J connectivity index is 1.87. The second kappa shape index (κ2) is 7.42. The first kappa shape index (κ1) is 18.6. The Morgan fingerprint density at radius 2 is 1.83 bits per heavy atom. The van der Waals surface area contributed by atoms with Gasteiger partial charge < -0.3 is 15.4 Å². The molecule has 2 rings (SSSR count). The van der Waals surface area contributed by atoms with Crippen molar-refractivity contribution < 1.29 is 9.53 Å². The summed E-state index contributed by atoms with van der Waals surface area (Å²) in [5, 5.41) is 6.94. The molecule has 2 atom stereocenters. The number of ether oxygens (including phenoxy) is 1. The highest BCUT2D eigenvalue weighted by Gasteiger charge is 2.40. The van der Waals surface area contributed by atoms with Gasteiger partial charge in [-0.15, -0.1) is 0 Å². The van der Waals surface area contributed by atoms with Gasteiger partial charge in [0.15, 0.2) is 0 Å². The first-order valence-corrected chi connectivity index (χ1v) is 9.45. The molecule has 0 aromatic heterocycles. The van der Waals surface area contributed by atoms with E-state index < -0.39 is 5.60 Å². The van der Waals surface area contributed by atoms with Crippen molar-refractivity contribution in [2.24, 2.45) is 11.8 Å². The summed E-state index contributed by atoms with van der Waals surface area (Å²) < 4.78 is 5.44. The fourth-order valence-electron chi connectivity index (χ4n) is 4.01. The second-order valence-electron chi connectivity index (χ2n) is 8.94. The van der Waals surface area contributed by atoms with E-state index in [1.807, 2.05) is 20.8 Å². The highest BCUT2D eigenvalue weighted by Crippen LogP contribution is 2.34. The molecule has 4 heteroatoms. The molecule has 0 spiro atoms. The number of hydrogen-bond acceptors (Lipinski definition) is 3. The molecule has 2 aliphatic carbocycles. The summed E-state index contributed by atoms with van der Waals surface area (Å²) in [4.78, 5) is 12.1. The van der Waals surface area contributed by atoms with Crippen LogP contribution in [0.1, 0.15) is 79.6 Å². The molecule has 0 aromatic rings. The molecule has 2 unspecified atom stereocenters. The molecular weight excluding hydrogens is 288 g/mol. The van der Waals surface area contributed by atoms with E-state index in [2.05, 4.69) is 24.5 Å². The molecule has 23 heavy (non-hydrogen) atoms. The van der Waals surface area contributed by atoms with Gasteiger partial charge in [0, 0.05) is 12.6 Å². The van der Waals surface area contributed by atoms with Crippen molar-refractivity contribution >= 4 is 6.09 Å². The Labute approximate surface area is 142 Å². The van der Waals surface area contributed by atoms with Gasteiger partial charge in [0.25, 0.3) is 0 Å². The molecule has 0 bridgehead atoms. The number of carbonyl (C=O) groups is 1. The van der Waals surface area contributed by atoms with Crippen molar-refractivity contribution in [1.29, 1.82) is 0 Å². The summed E-state index contributed by atoms with van der Waals surface area (Å²) in [6.07, 6.45) is 8.32. The lowest BCUT2D eigenvalue weighted by Gasteiger charge is -2.45. The minimum atomic E-state index is -0.436. The third-order valence-corrected chi connectivity index (χ3v) is 5.46. The summed E-state index contributed by atoms with van der Waals surface area (Å²) >= 11 is 0. The first-order chi connectivity index (χ1) is 10.7. The maximum absolute atomic E-state index is 12.1. The van der Waals surface area contributed by atoms with Crippen molar-refractivity contribution in [2.45, 2.75) is 96.7 Å². The smallest absolute Gasteiger partial charge is 0.408 e. The van der Waals surface area contributed by atoms with Crippen LogP contribution in [0.4, 0.5) is 4.79 Å². The number of nitrogens with one attached hydrogen (secondary N) is 2. The van der Waals surface area contributed by atoms with Gasteiger partial charge in [-0.25, -0.2) is 4.79 Å². The average molecular weight is 325 g/mol. The Hall–Kier alpha value is -0.770. The lowest BCUT2D eigenvalue weighted by Crippen LogP contribution is -2.61. The third-order valence-electron chi connectivity index (χ3n) is 5.46. The lowest BCUT2D eigenvalue weighted by molar-refractivity contribution is 0.0370. The molecule has 2 aliphatic rings. The van der Waals surface area contributed by atoms with Crippen LogP contribution in [0.2, 0.25) is 0 Å². The predicted octanol–water partition coefficient (Wildman–Crippen LogP) is 4.24. The highest BCUT2D eigenvalue weighted by atomic mass is 16.6. The molecule has 0 radical (unpaired) electrons. The van der Waals surface area contributed by atoms with Gasteiger partial charge in [-0.3, -0.25) is 0 Å². The quantitative estimate of drug-likeness (QED) is 0.795. The number of carbonyl (C=O) groups excluding carboxylic acids is 1. The van der Waals surface area contributed by atoms with E-state index >= 15 is 0 Å². The molecule has 4 nitrogen and oxygen atoms in total. The summed E-state index contributed by atoms with van der Waals surface area (Å²) in [5.74, 6) is 1.49. The first-order valence-electron chi connectivity index (χ1n) is 9.45. The number of hydrogen-bond donors (Lipinski definition) is 2. The van der Waals surface area contributed by atoms with Crippen LogP contribution < -0.4 is 10.6 Å². The van der Waals surface area contributed by atoms with Gasteiger partial charge in [0.2, 0.25) is 0 Å². The SMILES string of the molecule is CC(C)C1CCCCC1NCC1(NC(=O)OC(C)(C)C)CCC1. The zero-order chi connectivity index (χ0) is 17.1. The molecule has 2 saturated carbocycles. The van der Waals surface area contributed by atoms with Crippen molar-refractivity contribution in [2.75, 3.05) is 6.54 Å². The summed E-state index contributed by atoms with van der Waals surface area (Å²) in [6.45, 7) is 11.3. The van der Waals surface area contributed by atoms with Crippen molar-refractivity contribution in [3.63, 3.8) is 0 Å². The summed E-state index contributed by atoms with van der Waals surface area (Å²) in [7, 11) is 0. The van der Waals surface area contributed by atoms with E-state index in [4.69, 9.17) is 4.74 Å². The summed E-state index contributed by atoms with van der Waals surface area (Å²) in [6, 6.07) is 0.599. The normalized spacial score (nSPS) is 27.4. The largest absolute Gasteiger partial charge is 0.444 e. The van der Waals surface area contributed by atoms with E-state index in [1.165, 1.54) is 32.1 Å². The van der Waals surface area contributed by atoms with Gasteiger partial charge in [0.1, 0.15) is 5.60 Å². The van der Waals surface area contributed by atoms with E-state index in [-0.39, 0.29) is 11.6 Å². The van der Waals surface area contributed by atoms with Crippen LogP contribution in [0.15, 0.2) is 0 Å². The van der Waals surface area contributed by atoms with Crippen molar-refractivity contribution in [3.8, 4) is 0 Å². The van der Waals surface area contributed by atoms with Crippen LogP contribution in [0, 0.1) is 11.8 Å². The Kier molecular flexibility index (Phi) is 5.99. The van der Waals surface area contributed by atoms with Gasteiger partial charge in [-0.1, -0.05) is 26.7 Å². The van der Waals surface area contributed by atoms with Crippen LogP contribution in [0.3, 0.4) is 0 Å². The lowest BCUT2D eigenvalue weighted by atomic mass is 9.74. The zero-order valence-corrected chi connectivity index (χ0v) is 15.7. The molecule has 2 N–H and O–H groups in total. The minimum absolute atomic E-state index is 0.0959. The van der Waals surface area contributed by atoms with Crippen LogP contribution in [-0.2, 0) is 4.74 Å². The second-order valence-corrected chi connectivity index (χ2v) is 8.94. The topological polar surface area (TPSA) is 50.4 Å². The monoisotopic (exact) mass is 324 g/mol. The van der Waals surface area contributed by atoms with Crippen LogP contribution in [0.5, 0.6) is 0 Å². The molecule has 1 amide bonds. The van der Waals surface area contributed by atoms with E-state index in [9.17, 15) is 4.79 Å². The standard InChI is InChI=1S/C19H36N2O2/c1-14(2)15-9-6-7-10-16(15)20-13-19(11-8-12-19)21-17(22)23-18(3,4)5/h14-16,20H,6-13H2,1-5H3,(H,21,22). The molecule has 0 heterocycles. The Morgan fingerprint density at radius 3 is 2.35 bits per heavy atom. The highest BCUT2D eigenvalue weighted by molar-refractivity contribution is 5.69. The third kappa shape index (κ3) is 5.37. The Morgan fingerprint density at radius 1 is 1.17 bits per heavy atom. The zero-order valence-electron chi connectivity index (χ0n) is 15.7. The number of rotatable bonds is 5. The van der Waals surface area contributed by atoms with Crippen LogP contribution >= 0.6 is 0 Å². The average Bonchev–Trinajstić information content (AvgIpc) is 2.39. The number of alkyl carbamates (subject to hydrolysis) is 1. The fourth-order valence-corrected chi connectivity index (χ4v) is 4.01. The van der Waals surface area contributed by atoms with Crippen LogP contribution in [0.25, 0.3) is 0 Å². The van der Waals surface area contributed by atoms with E-state index in [1.54, 1.807) is 0 Å². The van der Waals surface area contributed by atoms with Crippen molar-refractivity contribution in [1.82, 2.24) is 10.6 Å².